The molecule has 0 spiro atoms. The fourth-order valence-electron chi connectivity index (χ4n) is 4.20. The van der Waals surface area contributed by atoms with E-state index in [1.165, 1.54) is 0 Å². The summed E-state index contributed by atoms with van der Waals surface area (Å²) in [7, 11) is 1.54. The van der Waals surface area contributed by atoms with Gasteiger partial charge in [-0.2, -0.15) is 0 Å². The van der Waals surface area contributed by atoms with Crippen LogP contribution in [0.4, 0.5) is 5.69 Å². The summed E-state index contributed by atoms with van der Waals surface area (Å²) in [5, 5.41) is 9.63. The van der Waals surface area contributed by atoms with Crippen LogP contribution in [0.25, 0.3) is 0 Å². The number of para-hydroxylation sites is 2. The molecule has 2 amide bonds. The fraction of sp³-hybridized carbons (Fsp3) is 0.318. The molecule has 0 bridgehead atoms. The van der Waals surface area contributed by atoms with Crippen LogP contribution in [0.2, 0.25) is 0 Å². The smallest absolute Gasteiger partial charge is 0.312 e. The number of nitrogens with zero attached hydrogens (tertiary/aromatic N) is 2. The number of hydrogen-bond donors (Lipinski definition) is 1. The molecule has 0 aromatic heterocycles. The number of methoxy groups -OCH3 is 1. The van der Waals surface area contributed by atoms with E-state index in [0.717, 1.165) is 11.1 Å². The van der Waals surface area contributed by atoms with E-state index in [9.17, 15) is 19.5 Å². The summed E-state index contributed by atoms with van der Waals surface area (Å²) in [6.07, 6.45) is 0.104. The number of carbonyl (C=O) groups is 3. The minimum atomic E-state index is -0.951. The Hall–Kier alpha value is -3.35. The van der Waals surface area contributed by atoms with Crippen molar-refractivity contribution in [3.05, 3.63) is 59.7 Å². The minimum absolute atomic E-state index is 0.104. The Balaban J connectivity index is 1.55. The maximum absolute atomic E-state index is 13.2. The summed E-state index contributed by atoms with van der Waals surface area (Å²) >= 11 is 0. The van der Waals surface area contributed by atoms with Gasteiger partial charge in [-0.25, -0.2) is 0 Å². The Morgan fingerprint density at radius 2 is 1.79 bits per heavy atom. The Morgan fingerprint density at radius 3 is 2.55 bits per heavy atom. The predicted molar refractivity (Wildman–Crippen MR) is 106 cm³/mol. The molecule has 2 unspecified atom stereocenters. The molecule has 2 aliphatic rings. The molecule has 2 aromatic rings. The first-order valence-electron chi connectivity index (χ1n) is 9.52. The zero-order valence-corrected chi connectivity index (χ0v) is 16.1. The number of ether oxygens (including phenoxy) is 1. The van der Waals surface area contributed by atoms with Crippen molar-refractivity contribution in [2.24, 2.45) is 5.92 Å². The Kier molecular flexibility index (Phi) is 4.96. The molecule has 7 nitrogen and oxygen atoms in total. The molecule has 2 atom stereocenters. The largest absolute Gasteiger partial charge is 0.495 e. The number of hydrogen-bond acceptors (Lipinski definition) is 4. The van der Waals surface area contributed by atoms with Crippen molar-refractivity contribution in [2.45, 2.75) is 18.9 Å². The number of carboxylic acid groups (broad SMARTS) is 1. The normalized spacial score (nSPS) is 21.1. The molecule has 7 heteroatoms. The highest BCUT2D eigenvalue weighted by Crippen LogP contribution is 2.35. The second-order valence-corrected chi connectivity index (χ2v) is 7.39. The first kappa shape index (κ1) is 19.0. The quantitative estimate of drug-likeness (QED) is 0.860. The zero-order chi connectivity index (χ0) is 20.5. The molecular formula is C22H22N2O5. The number of aliphatic carboxylic acids is 1. The zero-order valence-electron chi connectivity index (χ0n) is 16.1. The van der Waals surface area contributed by atoms with Gasteiger partial charge in [0.1, 0.15) is 5.75 Å². The molecule has 2 aliphatic heterocycles. The summed E-state index contributed by atoms with van der Waals surface area (Å²) in [6, 6.07) is 14.5. The van der Waals surface area contributed by atoms with Crippen molar-refractivity contribution in [1.82, 2.24) is 4.90 Å². The average Bonchev–Trinajstić information content (AvgIpc) is 3.13. The number of anilines is 1. The lowest BCUT2D eigenvalue weighted by molar-refractivity contribution is -0.142. The molecule has 0 saturated carbocycles. The fourth-order valence-corrected chi connectivity index (χ4v) is 4.20. The van der Waals surface area contributed by atoms with Crippen LogP contribution in [0, 0.1) is 5.92 Å². The number of amides is 2. The van der Waals surface area contributed by atoms with Crippen molar-refractivity contribution in [3.8, 4) is 5.75 Å². The van der Waals surface area contributed by atoms with Gasteiger partial charge in [-0.1, -0.05) is 36.4 Å². The maximum Gasteiger partial charge on any atom is 0.312 e. The highest BCUT2D eigenvalue weighted by Gasteiger charge is 2.40. The second-order valence-electron chi connectivity index (χ2n) is 7.39. The monoisotopic (exact) mass is 394 g/mol. The second kappa shape index (κ2) is 7.58. The number of carboxylic acids is 1. The van der Waals surface area contributed by atoms with Gasteiger partial charge in [0, 0.05) is 26.1 Å². The third-order valence-corrected chi connectivity index (χ3v) is 5.65. The summed E-state index contributed by atoms with van der Waals surface area (Å²) in [4.78, 5) is 40.7. The van der Waals surface area contributed by atoms with E-state index >= 15 is 0 Å². The number of carbonyl (C=O) groups excluding carboxylic acids is 2. The van der Waals surface area contributed by atoms with Gasteiger partial charge in [0.15, 0.2) is 0 Å². The third-order valence-electron chi connectivity index (χ3n) is 5.65. The van der Waals surface area contributed by atoms with Crippen molar-refractivity contribution < 1.29 is 24.2 Å². The van der Waals surface area contributed by atoms with Gasteiger partial charge in [0.25, 0.3) is 0 Å². The summed E-state index contributed by atoms with van der Waals surface area (Å²) < 4.78 is 5.34. The molecular weight excluding hydrogens is 372 g/mol. The van der Waals surface area contributed by atoms with Gasteiger partial charge in [-0.3, -0.25) is 14.4 Å². The van der Waals surface area contributed by atoms with E-state index < -0.39 is 17.8 Å². The van der Waals surface area contributed by atoms with Crippen LogP contribution in [-0.2, 0) is 20.9 Å². The van der Waals surface area contributed by atoms with E-state index in [1.54, 1.807) is 35.1 Å². The number of rotatable bonds is 4. The van der Waals surface area contributed by atoms with Gasteiger partial charge < -0.3 is 19.6 Å². The van der Waals surface area contributed by atoms with E-state index in [4.69, 9.17) is 4.74 Å². The molecule has 29 heavy (non-hydrogen) atoms. The lowest BCUT2D eigenvalue weighted by Crippen LogP contribution is -2.43. The molecule has 0 radical (unpaired) electrons. The molecule has 1 fully saturated rings. The van der Waals surface area contributed by atoms with Crippen molar-refractivity contribution in [2.75, 3.05) is 25.1 Å². The van der Waals surface area contributed by atoms with E-state index in [-0.39, 0.29) is 31.3 Å². The summed E-state index contributed by atoms with van der Waals surface area (Å²) in [5.41, 5.74) is 2.23. The topological polar surface area (TPSA) is 87.2 Å². The Morgan fingerprint density at radius 1 is 1.07 bits per heavy atom. The highest BCUT2D eigenvalue weighted by molar-refractivity contribution is 6.01. The maximum atomic E-state index is 13.2. The van der Waals surface area contributed by atoms with Crippen LogP contribution >= 0.6 is 0 Å². The molecule has 2 aromatic carbocycles. The molecule has 150 valence electrons. The summed E-state index contributed by atoms with van der Waals surface area (Å²) in [6.45, 7) is 0.733. The van der Waals surface area contributed by atoms with Crippen LogP contribution in [0.1, 0.15) is 23.5 Å². The van der Waals surface area contributed by atoms with Crippen molar-refractivity contribution in [1.29, 1.82) is 0 Å². The molecule has 1 saturated heterocycles. The van der Waals surface area contributed by atoms with Crippen LogP contribution in [0.5, 0.6) is 5.75 Å². The van der Waals surface area contributed by atoms with E-state index in [1.807, 2.05) is 30.3 Å². The van der Waals surface area contributed by atoms with Gasteiger partial charge in [0.05, 0.1) is 24.6 Å². The van der Waals surface area contributed by atoms with Crippen molar-refractivity contribution >= 4 is 23.5 Å². The van der Waals surface area contributed by atoms with Crippen LogP contribution in [0.15, 0.2) is 48.5 Å². The van der Waals surface area contributed by atoms with Crippen molar-refractivity contribution in [3.63, 3.8) is 0 Å². The standard InChI is InChI=1S/C22H22N2O5/c1-29-19-9-5-4-8-18(19)24-12-15(10-20(24)25)21(26)23-11-14-6-2-3-7-16(14)17(13-23)22(27)28/h2-9,15,17H,10-13H2,1H3,(H,27,28). The Bertz CT molecular complexity index is 973. The van der Waals surface area contributed by atoms with Gasteiger partial charge in [0.2, 0.25) is 11.8 Å². The molecule has 0 aliphatic carbocycles. The third kappa shape index (κ3) is 3.44. The van der Waals surface area contributed by atoms with Crippen LogP contribution in [0.3, 0.4) is 0 Å². The average molecular weight is 394 g/mol. The van der Waals surface area contributed by atoms with E-state index in [2.05, 4.69) is 0 Å². The van der Waals surface area contributed by atoms with Gasteiger partial charge >= 0.3 is 5.97 Å². The highest BCUT2D eigenvalue weighted by atomic mass is 16.5. The molecule has 2 heterocycles. The number of benzene rings is 2. The SMILES string of the molecule is COc1ccccc1N1CC(C(=O)N2Cc3ccccc3C(C(=O)O)C2)CC1=O. The first-order chi connectivity index (χ1) is 14.0. The van der Waals surface area contributed by atoms with Gasteiger partial charge in [-0.05, 0) is 23.3 Å². The summed E-state index contributed by atoms with van der Waals surface area (Å²) in [5.74, 6) is -1.96. The predicted octanol–water partition coefficient (Wildman–Crippen LogP) is 2.26. The van der Waals surface area contributed by atoms with Crippen LogP contribution < -0.4 is 9.64 Å². The molecule has 1 N–H and O–H groups in total. The van der Waals surface area contributed by atoms with Gasteiger partial charge in [-0.15, -0.1) is 0 Å². The Labute approximate surface area is 168 Å². The molecule has 4 rings (SSSR count). The minimum Gasteiger partial charge on any atom is -0.495 e. The van der Waals surface area contributed by atoms with E-state index in [0.29, 0.717) is 18.0 Å². The number of fused-ring (bicyclic) bond motifs is 1. The lowest BCUT2D eigenvalue weighted by Gasteiger charge is -2.34. The lowest BCUT2D eigenvalue weighted by atomic mass is 9.89. The first-order valence-corrected chi connectivity index (χ1v) is 9.52. The van der Waals surface area contributed by atoms with Crippen LogP contribution in [-0.4, -0.2) is 48.0 Å².